The molecule has 0 aromatic carbocycles. The van der Waals surface area contributed by atoms with E-state index in [1.807, 2.05) is 0 Å². The number of aliphatic hydroxyl groups excluding tert-OH is 1. The maximum atomic E-state index is 11.5. The van der Waals surface area contributed by atoms with Gasteiger partial charge in [0.05, 0.1) is 18.8 Å². The summed E-state index contributed by atoms with van der Waals surface area (Å²) < 4.78 is 17.4. The molecule has 5 nitrogen and oxygen atoms in total. The van der Waals surface area contributed by atoms with Gasteiger partial charge in [0.2, 0.25) is 0 Å². The molecule has 1 N–H and O–H groups in total. The predicted molar refractivity (Wildman–Crippen MR) is 137 cm³/mol. The number of carbonyl (C=O) groups excluding carboxylic acids is 1. The van der Waals surface area contributed by atoms with E-state index in [1.165, 1.54) is 39.0 Å². The summed E-state index contributed by atoms with van der Waals surface area (Å²) in [7, 11) is 1.74. The minimum absolute atomic E-state index is 0.0916. The Labute approximate surface area is 214 Å². The Balaban J connectivity index is 1.66. The van der Waals surface area contributed by atoms with E-state index in [0.717, 1.165) is 25.2 Å². The SMILES string of the molecule is CC[C@H]1C(OCOC)C2C3C[C@H](O)[C@H]([C@H](C)CCOC(C)=O)[C@@]3(C)CCC2[C@@]2(C)CC[C@@H](C)C[C@@H]12. The second-order valence-electron chi connectivity index (χ2n) is 13.4. The Morgan fingerprint density at radius 1 is 1.09 bits per heavy atom. The Kier molecular flexibility index (Phi) is 8.30. The zero-order valence-corrected chi connectivity index (χ0v) is 23.4. The van der Waals surface area contributed by atoms with E-state index in [4.69, 9.17) is 14.2 Å². The first-order valence-corrected chi connectivity index (χ1v) is 14.5. The van der Waals surface area contributed by atoms with Crippen LogP contribution in [0.5, 0.6) is 0 Å². The van der Waals surface area contributed by atoms with Crippen molar-refractivity contribution in [2.24, 2.45) is 58.2 Å². The quantitative estimate of drug-likeness (QED) is 0.329. The lowest BCUT2D eigenvalue weighted by molar-refractivity contribution is -0.231. The summed E-state index contributed by atoms with van der Waals surface area (Å²) in [6.07, 6.45) is 9.18. The molecule has 0 heterocycles. The fourth-order valence-electron chi connectivity index (χ4n) is 10.2. The maximum Gasteiger partial charge on any atom is 0.302 e. The standard InChI is InChI=1S/C30H52O5/c1-8-21-23-15-18(2)9-12-29(23,5)22-10-13-30(6)24(26(22)28(21)35-17-33-7)16-25(32)27(30)19(3)11-14-34-20(4)31/h18-19,21-28,32H,8-17H2,1-7H3/t18-,19-,21-,22?,23+,24?,25+,26?,27+,28?,29-,30+/m1/s1. The van der Waals surface area contributed by atoms with E-state index >= 15 is 0 Å². The van der Waals surface area contributed by atoms with Gasteiger partial charge in [-0.2, -0.15) is 0 Å². The minimum atomic E-state index is -0.295. The highest BCUT2D eigenvalue weighted by Crippen LogP contribution is 2.70. The van der Waals surface area contributed by atoms with Crippen LogP contribution < -0.4 is 0 Å². The Morgan fingerprint density at radius 3 is 2.46 bits per heavy atom. The van der Waals surface area contributed by atoms with Crippen molar-refractivity contribution in [1.82, 2.24) is 0 Å². The lowest BCUT2D eigenvalue weighted by Crippen LogP contribution is -2.62. The van der Waals surface area contributed by atoms with Crippen molar-refractivity contribution in [2.75, 3.05) is 20.5 Å². The third kappa shape index (κ3) is 4.72. The van der Waals surface area contributed by atoms with E-state index in [2.05, 4.69) is 34.6 Å². The molecule has 0 bridgehead atoms. The van der Waals surface area contributed by atoms with Crippen molar-refractivity contribution in [3.05, 3.63) is 0 Å². The van der Waals surface area contributed by atoms with Gasteiger partial charge in [-0.05, 0) is 96.7 Å². The van der Waals surface area contributed by atoms with Crippen molar-refractivity contribution in [3.8, 4) is 0 Å². The second kappa shape index (κ2) is 10.6. The first-order chi connectivity index (χ1) is 16.6. The Bertz CT molecular complexity index is 740. The number of hydrogen-bond donors (Lipinski definition) is 1. The van der Waals surface area contributed by atoms with Gasteiger partial charge in [-0.3, -0.25) is 4.79 Å². The third-order valence-corrected chi connectivity index (χ3v) is 11.6. The van der Waals surface area contributed by atoms with E-state index in [-0.39, 0.29) is 29.5 Å². The summed E-state index contributed by atoms with van der Waals surface area (Å²) >= 11 is 0. The van der Waals surface area contributed by atoms with Crippen molar-refractivity contribution in [1.29, 1.82) is 0 Å². The molecule has 5 heteroatoms. The summed E-state index contributed by atoms with van der Waals surface area (Å²) in [4.78, 5) is 11.3. The molecule has 0 saturated heterocycles. The molecule has 4 fully saturated rings. The third-order valence-electron chi connectivity index (χ3n) is 11.6. The molecule has 0 radical (unpaired) electrons. The fraction of sp³-hybridized carbons (Fsp3) is 0.967. The van der Waals surface area contributed by atoms with Crippen LogP contribution in [0, 0.1) is 58.2 Å². The molecule has 4 aliphatic carbocycles. The zero-order chi connectivity index (χ0) is 25.5. The van der Waals surface area contributed by atoms with Gasteiger partial charge in [-0.1, -0.05) is 47.5 Å². The van der Waals surface area contributed by atoms with Gasteiger partial charge in [0.1, 0.15) is 6.79 Å². The molecule has 0 aromatic heterocycles. The second-order valence-corrected chi connectivity index (χ2v) is 13.4. The smallest absolute Gasteiger partial charge is 0.302 e. The fourth-order valence-corrected chi connectivity index (χ4v) is 10.2. The van der Waals surface area contributed by atoms with Crippen LogP contribution in [0.4, 0.5) is 0 Å². The van der Waals surface area contributed by atoms with Crippen LogP contribution >= 0.6 is 0 Å². The summed E-state index contributed by atoms with van der Waals surface area (Å²) in [5, 5.41) is 11.5. The molecule has 0 aromatic rings. The molecule has 4 aliphatic rings. The molecule has 0 aliphatic heterocycles. The van der Waals surface area contributed by atoms with Crippen LogP contribution in [0.15, 0.2) is 0 Å². The minimum Gasteiger partial charge on any atom is -0.466 e. The van der Waals surface area contributed by atoms with Gasteiger partial charge in [-0.15, -0.1) is 0 Å². The van der Waals surface area contributed by atoms with Gasteiger partial charge in [-0.25, -0.2) is 0 Å². The summed E-state index contributed by atoms with van der Waals surface area (Å²) in [6.45, 7) is 14.4. The van der Waals surface area contributed by atoms with Gasteiger partial charge in [0.15, 0.2) is 0 Å². The number of methoxy groups -OCH3 is 1. The molecule has 12 atom stereocenters. The molecule has 35 heavy (non-hydrogen) atoms. The first-order valence-electron chi connectivity index (χ1n) is 14.5. The number of rotatable bonds is 8. The lowest BCUT2D eigenvalue weighted by Gasteiger charge is -2.65. The highest BCUT2D eigenvalue weighted by atomic mass is 16.7. The van der Waals surface area contributed by atoms with E-state index in [1.54, 1.807) is 7.11 Å². The largest absolute Gasteiger partial charge is 0.466 e. The van der Waals surface area contributed by atoms with E-state index in [0.29, 0.717) is 54.3 Å². The van der Waals surface area contributed by atoms with Crippen molar-refractivity contribution < 1.29 is 24.1 Å². The van der Waals surface area contributed by atoms with Gasteiger partial charge in [0.25, 0.3) is 0 Å². The maximum absolute atomic E-state index is 11.5. The van der Waals surface area contributed by atoms with Crippen LogP contribution in [-0.2, 0) is 19.0 Å². The number of carbonyl (C=O) groups is 1. The Hall–Kier alpha value is -0.650. The number of aliphatic hydroxyl groups is 1. The molecule has 0 amide bonds. The van der Waals surface area contributed by atoms with Crippen molar-refractivity contribution >= 4 is 5.97 Å². The van der Waals surface area contributed by atoms with Crippen molar-refractivity contribution in [3.63, 3.8) is 0 Å². The summed E-state index contributed by atoms with van der Waals surface area (Å²) in [5.74, 6) is 4.00. The van der Waals surface area contributed by atoms with Crippen LogP contribution in [0.1, 0.15) is 92.9 Å². The molecule has 4 saturated carbocycles. The molecule has 4 unspecified atom stereocenters. The molecule has 202 valence electrons. The highest BCUT2D eigenvalue weighted by molar-refractivity contribution is 5.65. The first kappa shape index (κ1) is 27.4. The average Bonchev–Trinajstić information content (AvgIpc) is 3.07. The molecule has 4 rings (SSSR count). The van der Waals surface area contributed by atoms with Crippen LogP contribution in [0.3, 0.4) is 0 Å². The number of esters is 1. The van der Waals surface area contributed by atoms with Crippen LogP contribution in [0.25, 0.3) is 0 Å². The van der Waals surface area contributed by atoms with Gasteiger partial charge in [0, 0.05) is 14.0 Å². The molecular formula is C30H52O5. The lowest BCUT2D eigenvalue weighted by atomic mass is 9.41. The predicted octanol–water partition coefficient (Wildman–Crippen LogP) is 6.08. The van der Waals surface area contributed by atoms with Gasteiger partial charge >= 0.3 is 5.97 Å². The van der Waals surface area contributed by atoms with E-state index < -0.39 is 0 Å². The number of fused-ring (bicyclic) bond motifs is 5. The molecule has 0 spiro atoms. The van der Waals surface area contributed by atoms with E-state index in [9.17, 15) is 9.90 Å². The summed E-state index contributed by atoms with van der Waals surface area (Å²) in [6, 6.07) is 0. The topological polar surface area (TPSA) is 65.0 Å². The molecular weight excluding hydrogens is 440 g/mol. The van der Waals surface area contributed by atoms with Gasteiger partial charge < -0.3 is 19.3 Å². The van der Waals surface area contributed by atoms with Crippen molar-refractivity contribution in [2.45, 2.75) is 105 Å². The van der Waals surface area contributed by atoms with Crippen LogP contribution in [-0.4, -0.2) is 43.8 Å². The Morgan fingerprint density at radius 2 is 1.80 bits per heavy atom. The highest BCUT2D eigenvalue weighted by Gasteiger charge is 2.66. The monoisotopic (exact) mass is 492 g/mol. The zero-order valence-electron chi connectivity index (χ0n) is 23.4. The average molecular weight is 493 g/mol. The van der Waals surface area contributed by atoms with Crippen LogP contribution in [0.2, 0.25) is 0 Å². The normalized spacial score (nSPS) is 47.9. The number of hydrogen-bond acceptors (Lipinski definition) is 5. The summed E-state index contributed by atoms with van der Waals surface area (Å²) in [5.41, 5.74) is 0.463. The number of ether oxygens (including phenoxy) is 3.